The molecule has 1 fully saturated rings. The number of hydrogen-bond acceptors (Lipinski definition) is 3. The van der Waals surface area contributed by atoms with Gasteiger partial charge in [0.2, 0.25) is 0 Å². The van der Waals surface area contributed by atoms with Crippen molar-refractivity contribution in [1.29, 1.82) is 0 Å². The molecule has 0 aromatic heterocycles. The van der Waals surface area contributed by atoms with E-state index in [9.17, 15) is 0 Å². The van der Waals surface area contributed by atoms with E-state index in [4.69, 9.17) is 40.2 Å². The van der Waals surface area contributed by atoms with Crippen LogP contribution >= 0.6 is 35.4 Å². The Bertz CT molecular complexity index is 484. The molecule has 1 aromatic carbocycles. The maximum Gasteiger partial charge on any atom is 0.187 e. The van der Waals surface area contributed by atoms with Gasteiger partial charge in [-0.3, -0.25) is 5.43 Å². The van der Waals surface area contributed by atoms with E-state index in [2.05, 4.69) is 15.8 Å². The van der Waals surface area contributed by atoms with E-state index >= 15 is 0 Å². The van der Waals surface area contributed by atoms with Crippen LogP contribution in [0, 0.1) is 0 Å². The molecule has 7 heteroatoms. The number of ether oxygens (including phenoxy) is 1. The second-order valence-electron chi connectivity index (χ2n) is 4.35. The molecule has 1 aliphatic heterocycles. The molecule has 2 N–H and O–H groups in total. The van der Waals surface area contributed by atoms with Crippen LogP contribution in [0.1, 0.15) is 18.4 Å². The molecule has 1 heterocycles. The Morgan fingerprint density at radius 3 is 2.85 bits per heavy atom. The van der Waals surface area contributed by atoms with Crippen LogP contribution in [0.25, 0.3) is 0 Å². The lowest BCUT2D eigenvalue weighted by Gasteiger charge is -2.11. The summed E-state index contributed by atoms with van der Waals surface area (Å²) in [5, 5.41) is 8.61. The summed E-state index contributed by atoms with van der Waals surface area (Å²) >= 11 is 17.2. The Balaban J connectivity index is 1.79. The lowest BCUT2D eigenvalue weighted by Crippen LogP contribution is -2.37. The van der Waals surface area contributed by atoms with Crippen LogP contribution in [-0.2, 0) is 4.74 Å². The zero-order chi connectivity index (χ0) is 14.4. The highest BCUT2D eigenvalue weighted by Gasteiger charge is 2.14. The summed E-state index contributed by atoms with van der Waals surface area (Å²) in [4.78, 5) is 0. The number of nitrogens with zero attached hydrogens (tertiary/aromatic N) is 1. The Hall–Kier alpha value is -0.880. The second kappa shape index (κ2) is 7.78. The third-order valence-corrected chi connectivity index (χ3v) is 3.77. The molecule has 20 heavy (non-hydrogen) atoms. The zero-order valence-corrected chi connectivity index (χ0v) is 13.1. The zero-order valence-electron chi connectivity index (χ0n) is 10.7. The summed E-state index contributed by atoms with van der Waals surface area (Å²) in [5.74, 6) is 0. The number of nitrogens with one attached hydrogen (secondary N) is 2. The average Bonchev–Trinajstić information content (AvgIpc) is 2.93. The molecule has 1 saturated heterocycles. The molecule has 0 radical (unpaired) electrons. The van der Waals surface area contributed by atoms with Crippen molar-refractivity contribution < 1.29 is 4.74 Å². The number of benzene rings is 1. The van der Waals surface area contributed by atoms with Crippen molar-refractivity contribution in [2.75, 3.05) is 13.2 Å². The van der Waals surface area contributed by atoms with Crippen molar-refractivity contribution in [1.82, 2.24) is 10.7 Å². The first-order valence-electron chi connectivity index (χ1n) is 6.29. The molecule has 1 unspecified atom stereocenters. The van der Waals surface area contributed by atoms with Crippen molar-refractivity contribution in [2.24, 2.45) is 5.10 Å². The van der Waals surface area contributed by atoms with E-state index < -0.39 is 0 Å². The molecule has 1 atom stereocenters. The van der Waals surface area contributed by atoms with Crippen LogP contribution in [0.3, 0.4) is 0 Å². The lowest BCUT2D eigenvalue weighted by molar-refractivity contribution is 0.114. The Morgan fingerprint density at radius 2 is 2.20 bits per heavy atom. The van der Waals surface area contributed by atoms with E-state index in [1.807, 2.05) is 0 Å². The summed E-state index contributed by atoms with van der Waals surface area (Å²) in [7, 11) is 0. The Kier molecular flexibility index (Phi) is 6.04. The molecule has 108 valence electrons. The number of thiocarbonyl (C=S) groups is 1. The molecular weight excluding hydrogens is 317 g/mol. The molecule has 0 amide bonds. The topological polar surface area (TPSA) is 45.6 Å². The monoisotopic (exact) mass is 331 g/mol. The van der Waals surface area contributed by atoms with Crippen molar-refractivity contribution >= 4 is 46.7 Å². The quantitative estimate of drug-likeness (QED) is 0.506. The van der Waals surface area contributed by atoms with Crippen molar-refractivity contribution in [3.63, 3.8) is 0 Å². The third-order valence-electron chi connectivity index (χ3n) is 2.87. The maximum atomic E-state index is 6.02. The highest BCUT2D eigenvalue weighted by Crippen LogP contribution is 2.21. The van der Waals surface area contributed by atoms with Gasteiger partial charge in [-0.15, -0.1) is 0 Å². The molecule has 4 nitrogen and oxygen atoms in total. The Morgan fingerprint density at radius 1 is 1.45 bits per heavy atom. The number of hydrogen-bond donors (Lipinski definition) is 2. The van der Waals surface area contributed by atoms with Gasteiger partial charge in [0.1, 0.15) is 0 Å². The van der Waals surface area contributed by atoms with E-state index in [0.29, 0.717) is 27.3 Å². The average molecular weight is 332 g/mol. The highest BCUT2D eigenvalue weighted by atomic mass is 35.5. The van der Waals surface area contributed by atoms with Crippen molar-refractivity contribution in [3.05, 3.63) is 33.8 Å². The van der Waals surface area contributed by atoms with Crippen LogP contribution in [-0.4, -0.2) is 30.6 Å². The van der Waals surface area contributed by atoms with Crippen molar-refractivity contribution in [3.8, 4) is 0 Å². The van der Waals surface area contributed by atoms with Crippen LogP contribution in [0.2, 0.25) is 10.0 Å². The van der Waals surface area contributed by atoms with Gasteiger partial charge in [0.15, 0.2) is 5.11 Å². The highest BCUT2D eigenvalue weighted by molar-refractivity contribution is 7.80. The minimum absolute atomic E-state index is 0.233. The van der Waals surface area contributed by atoms with Crippen molar-refractivity contribution in [2.45, 2.75) is 18.9 Å². The summed E-state index contributed by atoms with van der Waals surface area (Å²) in [6.07, 6.45) is 3.95. The fourth-order valence-corrected chi connectivity index (χ4v) is 2.47. The van der Waals surface area contributed by atoms with Gasteiger partial charge in [-0.25, -0.2) is 0 Å². The predicted molar refractivity (Wildman–Crippen MR) is 86.8 cm³/mol. The summed E-state index contributed by atoms with van der Waals surface area (Å²) in [5.41, 5.74) is 3.38. The maximum absolute atomic E-state index is 6.02. The van der Waals surface area contributed by atoms with Gasteiger partial charge in [0.05, 0.1) is 22.4 Å². The van der Waals surface area contributed by atoms with Gasteiger partial charge in [0, 0.05) is 18.7 Å². The fourth-order valence-electron chi connectivity index (χ4n) is 1.84. The summed E-state index contributed by atoms with van der Waals surface area (Å²) in [6.45, 7) is 1.52. The minimum Gasteiger partial charge on any atom is -0.376 e. The van der Waals surface area contributed by atoms with Gasteiger partial charge in [0.25, 0.3) is 0 Å². The first-order valence-corrected chi connectivity index (χ1v) is 7.46. The molecule has 1 aromatic rings. The van der Waals surface area contributed by atoms with Gasteiger partial charge in [-0.1, -0.05) is 29.3 Å². The largest absolute Gasteiger partial charge is 0.376 e. The van der Waals surface area contributed by atoms with Gasteiger partial charge in [-0.05, 0) is 37.2 Å². The smallest absolute Gasteiger partial charge is 0.187 e. The molecule has 0 spiro atoms. The van der Waals surface area contributed by atoms with E-state index in [1.54, 1.807) is 24.4 Å². The van der Waals surface area contributed by atoms with E-state index in [1.165, 1.54) is 0 Å². The molecule has 1 aliphatic rings. The van der Waals surface area contributed by atoms with Crippen LogP contribution in [0.5, 0.6) is 0 Å². The first kappa shape index (κ1) is 15.5. The fraction of sp³-hybridized carbons (Fsp3) is 0.385. The minimum atomic E-state index is 0.233. The standard InChI is InChI=1S/C13H15Cl2N3OS/c14-11-4-1-5-12(15)10(11)8-17-18-13(20)16-7-9-3-2-6-19-9/h1,4-5,8-9H,2-3,6-7H2,(H2,16,18,20)/b17-8+. The van der Waals surface area contributed by atoms with Gasteiger partial charge < -0.3 is 10.1 Å². The summed E-state index contributed by atoms with van der Waals surface area (Å²) in [6, 6.07) is 5.29. The van der Waals surface area contributed by atoms with Crippen LogP contribution < -0.4 is 10.7 Å². The molecule has 0 saturated carbocycles. The number of halogens is 2. The number of hydrazone groups is 1. The molecule has 2 rings (SSSR count). The van der Waals surface area contributed by atoms with Gasteiger partial charge in [-0.2, -0.15) is 5.10 Å². The first-order chi connectivity index (χ1) is 9.66. The SMILES string of the molecule is S=C(NCC1CCCO1)N/N=C/c1c(Cl)cccc1Cl. The summed E-state index contributed by atoms with van der Waals surface area (Å²) < 4.78 is 5.49. The van der Waals surface area contributed by atoms with E-state index in [-0.39, 0.29) is 6.10 Å². The van der Waals surface area contributed by atoms with Gasteiger partial charge >= 0.3 is 0 Å². The third kappa shape index (κ3) is 4.59. The molecule has 0 bridgehead atoms. The predicted octanol–water partition coefficient (Wildman–Crippen LogP) is 2.97. The Labute approximate surface area is 133 Å². The van der Waals surface area contributed by atoms with E-state index in [0.717, 1.165) is 19.4 Å². The second-order valence-corrected chi connectivity index (χ2v) is 5.57. The lowest BCUT2D eigenvalue weighted by atomic mass is 10.2. The molecular formula is C13H15Cl2N3OS. The molecule has 0 aliphatic carbocycles. The van der Waals surface area contributed by atoms with Crippen LogP contribution in [0.4, 0.5) is 0 Å². The number of rotatable bonds is 4. The normalized spacial score (nSPS) is 18.4. The van der Waals surface area contributed by atoms with Crippen LogP contribution in [0.15, 0.2) is 23.3 Å².